The second-order valence-electron chi connectivity index (χ2n) is 3.74. The molecule has 1 aromatic rings. The summed E-state index contributed by atoms with van der Waals surface area (Å²) in [5.41, 5.74) is 5.50. The van der Waals surface area contributed by atoms with Gasteiger partial charge < -0.3 is 16.2 Å². The summed E-state index contributed by atoms with van der Waals surface area (Å²) in [6.07, 6.45) is 2.05. The van der Waals surface area contributed by atoms with Gasteiger partial charge in [0.1, 0.15) is 5.82 Å². The molecular weight excluding hydrogens is 222 g/mol. The Hall–Kier alpha value is -2.11. The van der Waals surface area contributed by atoms with Gasteiger partial charge in [0.15, 0.2) is 0 Å². The number of aliphatic carboxylic acids is 1. The van der Waals surface area contributed by atoms with Crippen LogP contribution in [0.2, 0.25) is 0 Å². The van der Waals surface area contributed by atoms with Crippen LogP contribution >= 0.6 is 0 Å². The van der Waals surface area contributed by atoms with E-state index in [1.54, 1.807) is 18.3 Å². The fourth-order valence-corrected chi connectivity index (χ4v) is 1.36. The van der Waals surface area contributed by atoms with Crippen molar-refractivity contribution in [1.82, 2.24) is 4.98 Å². The van der Waals surface area contributed by atoms with Crippen molar-refractivity contribution in [3.8, 4) is 0 Å². The molecule has 0 aliphatic heterocycles. The Morgan fingerprint density at radius 1 is 1.59 bits per heavy atom. The van der Waals surface area contributed by atoms with Crippen LogP contribution in [0.25, 0.3) is 0 Å². The molecule has 1 amide bonds. The van der Waals surface area contributed by atoms with Crippen LogP contribution in [-0.2, 0) is 4.79 Å². The highest BCUT2D eigenvalue weighted by atomic mass is 16.4. The van der Waals surface area contributed by atoms with Gasteiger partial charge in [0, 0.05) is 18.7 Å². The number of nitrogens with one attached hydrogen (secondary N) is 1. The van der Waals surface area contributed by atoms with E-state index >= 15 is 0 Å². The van der Waals surface area contributed by atoms with Gasteiger partial charge in [-0.05, 0) is 25.5 Å². The highest BCUT2D eigenvalue weighted by Crippen LogP contribution is 2.13. The first kappa shape index (κ1) is 13.0. The Balaban J connectivity index is 2.67. The van der Waals surface area contributed by atoms with E-state index in [2.05, 4.69) is 10.3 Å². The van der Waals surface area contributed by atoms with Crippen molar-refractivity contribution in [1.29, 1.82) is 0 Å². The number of carbonyl (C=O) groups excluding carboxylic acids is 1. The lowest BCUT2D eigenvalue weighted by atomic mass is 10.1. The molecule has 0 saturated heterocycles. The molecule has 0 bridgehead atoms. The van der Waals surface area contributed by atoms with E-state index in [-0.39, 0.29) is 12.5 Å². The first-order valence-corrected chi connectivity index (χ1v) is 5.24. The van der Waals surface area contributed by atoms with Gasteiger partial charge in [-0.25, -0.2) is 4.98 Å². The summed E-state index contributed by atoms with van der Waals surface area (Å²) in [5, 5.41) is 11.5. The maximum absolute atomic E-state index is 11.1. The van der Waals surface area contributed by atoms with Crippen molar-refractivity contribution in [2.24, 2.45) is 5.73 Å². The highest BCUT2D eigenvalue weighted by molar-refractivity contribution is 5.97. The van der Waals surface area contributed by atoms with Gasteiger partial charge in [0.25, 0.3) is 5.91 Å². The van der Waals surface area contributed by atoms with Crippen molar-refractivity contribution >= 4 is 17.7 Å². The summed E-state index contributed by atoms with van der Waals surface area (Å²) in [4.78, 5) is 25.5. The summed E-state index contributed by atoms with van der Waals surface area (Å²) in [6, 6.07) is 3.09. The Morgan fingerprint density at radius 2 is 2.29 bits per heavy atom. The van der Waals surface area contributed by atoms with Crippen LogP contribution in [0.1, 0.15) is 30.1 Å². The standard InChI is InChI=1S/C11H15N3O3/c1-7(4-5-9(15)16)14-11-8(10(12)17)3-2-6-13-11/h2-3,6-7H,4-5H2,1H3,(H2,12,17)(H,13,14)(H,15,16). The highest BCUT2D eigenvalue weighted by Gasteiger charge is 2.11. The molecule has 0 spiro atoms. The number of nitrogens with two attached hydrogens (primary N) is 1. The van der Waals surface area contributed by atoms with E-state index in [4.69, 9.17) is 10.8 Å². The van der Waals surface area contributed by atoms with E-state index in [9.17, 15) is 9.59 Å². The van der Waals surface area contributed by atoms with Crippen molar-refractivity contribution in [2.75, 3.05) is 5.32 Å². The molecule has 92 valence electrons. The molecule has 0 radical (unpaired) electrons. The first-order chi connectivity index (χ1) is 8.00. The van der Waals surface area contributed by atoms with Gasteiger partial charge in [0.05, 0.1) is 5.56 Å². The topological polar surface area (TPSA) is 105 Å². The van der Waals surface area contributed by atoms with Crippen molar-refractivity contribution in [3.05, 3.63) is 23.9 Å². The van der Waals surface area contributed by atoms with Crippen molar-refractivity contribution in [2.45, 2.75) is 25.8 Å². The molecule has 0 saturated carbocycles. The third-order valence-corrected chi connectivity index (χ3v) is 2.25. The number of hydrogen-bond donors (Lipinski definition) is 3. The summed E-state index contributed by atoms with van der Waals surface area (Å²) in [5.74, 6) is -1.03. The molecule has 6 nitrogen and oxygen atoms in total. The van der Waals surface area contributed by atoms with Crippen molar-refractivity contribution in [3.63, 3.8) is 0 Å². The van der Waals surface area contributed by atoms with Crippen LogP contribution in [0.3, 0.4) is 0 Å². The quantitative estimate of drug-likeness (QED) is 0.680. The Kier molecular flexibility index (Phi) is 4.45. The van der Waals surface area contributed by atoms with E-state index < -0.39 is 11.9 Å². The molecule has 0 fully saturated rings. The second-order valence-corrected chi connectivity index (χ2v) is 3.74. The van der Waals surface area contributed by atoms with E-state index in [0.717, 1.165) is 0 Å². The number of hydrogen-bond acceptors (Lipinski definition) is 4. The molecule has 4 N–H and O–H groups in total. The molecular formula is C11H15N3O3. The van der Waals surface area contributed by atoms with Crippen LogP contribution < -0.4 is 11.1 Å². The number of nitrogens with zero attached hydrogens (tertiary/aromatic N) is 1. The number of carboxylic acids is 1. The minimum atomic E-state index is -0.852. The average molecular weight is 237 g/mol. The van der Waals surface area contributed by atoms with Gasteiger partial charge in [0.2, 0.25) is 0 Å². The zero-order valence-electron chi connectivity index (χ0n) is 9.51. The van der Waals surface area contributed by atoms with Gasteiger partial charge in [-0.2, -0.15) is 0 Å². The molecule has 1 aromatic heterocycles. The SMILES string of the molecule is CC(CCC(=O)O)Nc1ncccc1C(N)=O. The monoisotopic (exact) mass is 237 g/mol. The predicted molar refractivity (Wildman–Crippen MR) is 62.7 cm³/mol. The lowest BCUT2D eigenvalue weighted by molar-refractivity contribution is -0.137. The number of carbonyl (C=O) groups is 2. The third-order valence-electron chi connectivity index (χ3n) is 2.25. The number of primary amides is 1. The number of carboxylic acid groups (broad SMARTS) is 1. The van der Waals surface area contributed by atoms with Gasteiger partial charge in [-0.1, -0.05) is 0 Å². The summed E-state index contributed by atoms with van der Waals surface area (Å²) >= 11 is 0. The average Bonchev–Trinajstić information content (AvgIpc) is 2.27. The van der Waals surface area contributed by atoms with Gasteiger partial charge in [-0.3, -0.25) is 9.59 Å². The minimum absolute atomic E-state index is 0.0624. The van der Waals surface area contributed by atoms with Crippen molar-refractivity contribution < 1.29 is 14.7 Å². The molecule has 0 aliphatic rings. The van der Waals surface area contributed by atoms with Crippen LogP contribution in [0.15, 0.2) is 18.3 Å². The Bertz CT molecular complexity index is 420. The number of rotatable bonds is 6. The number of aromatic nitrogens is 1. The molecule has 6 heteroatoms. The second kappa shape index (κ2) is 5.83. The van der Waals surface area contributed by atoms with Crippen LogP contribution in [0, 0.1) is 0 Å². The lowest BCUT2D eigenvalue weighted by Gasteiger charge is -2.15. The predicted octanol–water partition coefficient (Wildman–Crippen LogP) is 0.846. The zero-order valence-corrected chi connectivity index (χ0v) is 9.51. The molecule has 1 rings (SSSR count). The first-order valence-electron chi connectivity index (χ1n) is 5.24. The molecule has 1 atom stereocenters. The largest absolute Gasteiger partial charge is 0.481 e. The Labute approximate surface area is 98.8 Å². The Morgan fingerprint density at radius 3 is 2.88 bits per heavy atom. The molecule has 17 heavy (non-hydrogen) atoms. The van der Waals surface area contributed by atoms with E-state index in [1.165, 1.54) is 0 Å². The van der Waals surface area contributed by atoms with Gasteiger partial charge >= 0.3 is 5.97 Å². The normalized spacial score (nSPS) is 11.8. The van der Waals surface area contributed by atoms with Crippen LogP contribution in [0.4, 0.5) is 5.82 Å². The van der Waals surface area contributed by atoms with E-state index in [0.29, 0.717) is 17.8 Å². The van der Waals surface area contributed by atoms with E-state index in [1.807, 2.05) is 6.92 Å². The number of anilines is 1. The smallest absolute Gasteiger partial charge is 0.303 e. The van der Waals surface area contributed by atoms with Crippen LogP contribution in [-0.4, -0.2) is 28.0 Å². The summed E-state index contributed by atoms with van der Waals surface area (Å²) < 4.78 is 0. The molecule has 1 heterocycles. The zero-order chi connectivity index (χ0) is 12.8. The summed E-state index contributed by atoms with van der Waals surface area (Å²) in [7, 11) is 0. The molecule has 0 aromatic carbocycles. The maximum Gasteiger partial charge on any atom is 0.303 e. The third kappa shape index (κ3) is 4.10. The number of amides is 1. The lowest BCUT2D eigenvalue weighted by Crippen LogP contribution is -2.21. The molecule has 1 unspecified atom stereocenters. The fourth-order valence-electron chi connectivity index (χ4n) is 1.36. The number of pyridine rings is 1. The van der Waals surface area contributed by atoms with Gasteiger partial charge in [-0.15, -0.1) is 0 Å². The summed E-state index contributed by atoms with van der Waals surface area (Å²) in [6.45, 7) is 1.82. The fraction of sp³-hybridized carbons (Fsp3) is 0.364. The maximum atomic E-state index is 11.1. The minimum Gasteiger partial charge on any atom is -0.481 e. The van der Waals surface area contributed by atoms with Crippen LogP contribution in [0.5, 0.6) is 0 Å². The molecule has 0 aliphatic carbocycles.